The number of carbonyl (C=O) groups is 2. The summed E-state index contributed by atoms with van der Waals surface area (Å²) in [5.41, 5.74) is 2.49. The summed E-state index contributed by atoms with van der Waals surface area (Å²) in [4.78, 5) is 27.5. The molecule has 1 fully saturated rings. The van der Waals surface area contributed by atoms with Crippen molar-refractivity contribution in [3.05, 3.63) is 69.2 Å². The predicted molar refractivity (Wildman–Crippen MR) is 119 cm³/mol. The quantitative estimate of drug-likeness (QED) is 0.498. The smallest absolute Gasteiger partial charge is 0.264 e. The lowest BCUT2D eigenvalue weighted by molar-refractivity contribution is -0.130. The van der Waals surface area contributed by atoms with Gasteiger partial charge in [0.2, 0.25) is 0 Å². The molecule has 1 spiro atoms. The van der Waals surface area contributed by atoms with Gasteiger partial charge in [0.05, 0.1) is 12.0 Å². The van der Waals surface area contributed by atoms with E-state index in [1.54, 1.807) is 11.0 Å². The molecule has 2 aromatic rings. The number of fused-ring (bicyclic) bond motifs is 1. The van der Waals surface area contributed by atoms with Crippen LogP contribution in [0.1, 0.15) is 46.3 Å². The Hall–Kier alpha value is -3.10. The summed E-state index contributed by atoms with van der Waals surface area (Å²) in [6.07, 6.45) is 2.95. The second-order valence-corrected chi connectivity index (χ2v) is 8.64. The number of halogens is 1. The molecule has 0 N–H and O–H groups in total. The number of hydrogen-bond donors (Lipinski definition) is 0. The predicted octanol–water partition coefficient (Wildman–Crippen LogP) is 4.89. The molecule has 0 unspecified atom stereocenters. The first-order chi connectivity index (χ1) is 14.8. The maximum Gasteiger partial charge on any atom is 0.264 e. The van der Waals surface area contributed by atoms with Crippen molar-refractivity contribution in [1.82, 2.24) is 4.90 Å². The number of nitriles is 1. The highest BCUT2D eigenvalue weighted by Crippen LogP contribution is 2.43. The number of aryl methyl sites for hydroxylation is 1. The average Bonchev–Trinajstić information content (AvgIpc) is 2.76. The van der Waals surface area contributed by atoms with Crippen molar-refractivity contribution in [2.24, 2.45) is 0 Å². The van der Waals surface area contributed by atoms with Crippen molar-refractivity contribution >= 4 is 29.4 Å². The first-order valence-corrected chi connectivity index (χ1v) is 10.7. The molecule has 158 valence electrons. The third-order valence-corrected chi connectivity index (χ3v) is 6.74. The van der Waals surface area contributed by atoms with Crippen LogP contribution in [0, 0.1) is 25.2 Å². The molecule has 4 rings (SSSR count). The molecule has 0 aromatic heterocycles. The normalized spacial score (nSPS) is 17.7. The molecule has 0 bridgehead atoms. The van der Waals surface area contributed by atoms with Crippen LogP contribution in [0.5, 0.6) is 5.75 Å². The van der Waals surface area contributed by atoms with Gasteiger partial charge in [-0.25, -0.2) is 0 Å². The summed E-state index contributed by atoms with van der Waals surface area (Å²) < 4.78 is 6.36. The first-order valence-electron chi connectivity index (χ1n) is 10.3. The third kappa shape index (κ3) is 3.96. The Labute approximate surface area is 186 Å². The minimum absolute atomic E-state index is 0.0297. The molecule has 2 aromatic carbocycles. The maximum absolute atomic E-state index is 12.9. The fraction of sp³-hybridized carbons (Fsp3) is 0.320. The van der Waals surface area contributed by atoms with Gasteiger partial charge in [-0.05, 0) is 42.7 Å². The molecule has 31 heavy (non-hydrogen) atoms. The lowest BCUT2D eigenvalue weighted by Crippen LogP contribution is -2.52. The lowest BCUT2D eigenvalue weighted by Gasteiger charge is -2.44. The van der Waals surface area contributed by atoms with Gasteiger partial charge in [-0.2, -0.15) is 5.26 Å². The van der Waals surface area contributed by atoms with Crippen molar-refractivity contribution in [1.29, 1.82) is 5.26 Å². The van der Waals surface area contributed by atoms with Crippen molar-refractivity contribution in [2.45, 2.75) is 38.7 Å². The Bertz CT molecular complexity index is 1120. The monoisotopic (exact) mass is 434 g/mol. The number of piperidine rings is 1. The Balaban J connectivity index is 1.51. The van der Waals surface area contributed by atoms with Crippen LogP contribution in [-0.2, 0) is 4.79 Å². The second-order valence-electron chi connectivity index (χ2n) is 8.26. The van der Waals surface area contributed by atoms with E-state index in [0.29, 0.717) is 42.3 Å². The molecule has 2 aliphatic heterocycles. The van der Waals surface area contributed by atoms with E-state index in [-0.39, 0.29) is 23.7 Å². The van der Waals surface area contributed by atoms with Gasteiger partial charge in [-0.3, -0.25) is 9.59 Å². The molecule has 2 heterocycles. The number of benzene rings is 2. The summed E-state index contributed by atoms with van der Waals surface area (Å²) in [7, 11) is 0. The zero-order valence-electron chi connectivity index (χ0n) is 17.6. The van der Waals surface area contributed by atoms with Gasteiger partial charge in [0, 0.05) is 31.0 Å². The van der Waals surface area contributed by atoms with E-state index >= 15 is 0 Å². The number of hydrogen-bond acceptors (Lipinski definition) is 4. The van der Waals surface area contributed by atoms with Crippen LogP contribution in [0.2, 0.25) is 5.02 Å². The topological polar surface area (TPSA) is 70.4 Å². The minimum atomic E-state index is -0.622. The van der Waals surface area contributed by atoms with Crippen LogP contribution in [0.3, 0.4) is 0 Å². The third-order valence-electron chi connectivity index (χ3n) is 6.16. The maximum atomic E-state index is 12.9. The molecule has 0 atom stereocenters. The number of carbonyl (C=O) groups excluding carboxylic acids is 2. The number of rotatable bonds is 2. The molecule has 2 aliphatic rings. The fourth-order valence-corrected chi connectivity index (χ4v) is 4.57. The van der Waals surface area contributed by atoms with E-state index in [9.17, 15) is 14.9 Å². The Morgan fingerprint density at radius 1 is 1.23 bits per heavy atom. The SMILES string of the molecule is Cc1cc2c(c(C)c1Cl)C(=O)CC1(CCN(C(=O)/C(C#N)=C/c3ccccc3)CC1)O2. The zero-order valence-corrected chi connectivity index (χ0v) is 18.3. The average molecular weight is 435 g/mol. The summed E-state index contributed by atoms with van der Waals surface area (Å²) >= 11 is 6.33. The van der Waals surface area contributed by atoms with Crippen LogP contribution in [-0.4, -0.2) is 35.3 Å². The first kappa shape index (κ1) is 21.1. The number of likely N-dealkylation sites (tertiary alicyclic amines) is 1. The summed E-state index contributed by atoms with van der Waals surface area (Å²) in [6.45, 7) is 4.60. The van der Waals surface area contributed by atoms with Crippen molar-refractivity contribution in [2.75, 3.05) is 13.1 Å². The lowest BCUT2D eigenvalue weighted by atomic mass is 9.81. The van der Waals surface area contributed by atoms with E-state index in [4.69, 9.17) is 16.3 Å². The van der Waals surface area contributed by atoms with E-state index < -0.39 is 5.60 Å². The number of ketones is 1. The van der Waals surface area contributed by atoms with Crippen LogP contribution in [0.4, 0.5) is 0 Å². The largest absolute Gasteiger partial charge is 0.486 e. The molecule has 1 saturated heterocycles. The highest BCUT2D eigenvalue weighted by molar-refractivity contribution is 6.32. The Kier molecular flexibility index (Phi) is 5.60. The standard InChI is InChI=1S/C25H23ClN2O3/c1-16-12-21-22(17(2)23(16)26)20(29)14-25(31-21)8-10-28(11-9-25)24(30)19(15-27)13-18-6-4-3-5-7-18/h3-7,12-13H,8-11,14H2,1-2H3/b19-13+. The summed E-state index contributed by atoms with van der Waals surface area (Å²) in [5, 5.41) is 10.1. The molecule has 0 radical (unpaired) electrons. The second kappa shape index (κ2) is 8.20. The zero-order chi connectivity index (χ0) is 22.2. The van der Waals surface area contributed by atoms with Crippen LogP contribution in [0.25, 0.3) is 6.08 Å². The molecule has 5 nitrogen and oxygen atoms in total. The molecular formula is C25H23ClN2O3. The van der Waals surface area contributed by atoms with E-state index in [1.165, 1.54) is 0 Å². The number of ether oxygens (including phenoxy) is 1. The summed E-state index contributed by atoms with van der Waals surface area (Å²) in [6, 6.07) is 13.2. The van der Waals surface area contributed by atoms with Crippen molar-refractivity contribution in [3.63, 3.8) is 0 Å². The molecule has 6 heteroatoms. The molecule has 0 aliphatic carbocycles. The Morgan fingerprint density at radius 2 is 1.90 bits per heavy atom. The van der Waals surface area contributed by atoms with Crippen molar-refractivity contribution < 1.29 is 14.3 Å². The number of Topliss-reactive ketones (excluding diaryl/α,β-unsaturated/α-hetero) is 1. The van der Waals surface area contributed by atoms with Crippen LogP contribution < -0.4 is 4.74 Å². The molecular weight excluding hydrogens is 412 g/mol. The van der Waals surface area contributed by atoms with Gasteiger partial charge in [0.1, 0.15) is 23.0 Å². The minimum Gasteiger partial charge on any atom is -0.486 e. The van der Waals surface area contributed by atoms with E-state index in [2.05, 4.69) is 0 Å². The van der Waals surface area contributed by atoms with Crippen molar-refractivity contribution in [3.8, 4) is 11.8 Å². The van der Waals surface area contributed by atoms with E-state index in [1.807, 2.05) is 56.3 Å². The van der Waals surface area contributed by atoms with Gasteiger partial charge in [-0.15, -0.1) is 0 Å². The highest BCUT2D eigenvalue weighted by atomic mass is 35.5. The number of amides is 1. The van der Waals surface area contributed by atoms with Gasteiger partial charge in [-0.1, -0.05) is 41.9 Å². The van der Waals surface area contributed by atoms with E-state index in [0.717, 1.165) is 16.7 Å². The summed E-state index contributed by atoms with van der Waals surface area (Å²) in [5.74, 6) is 0.321. The van der Waals surface area contributed by atoms with Crippen LogP contribution in [0.15, 0.2) is 42.0 Å². The van der Waals surface area contributed by atoms with Gasteiger partial charge in [0.15, 0.2) is 5.78 Å². The fourth-order valence-electron chi connectivity index (χ4n) is 4.42. The molecule has 0 saturated carbocycles. The van der Waals surface area contributed by atoms with Gasteiger partial charge >= 0.3 is 0 Å². The number of nitrogens with zero attached hydrogens (tertiary/aromatic N) is 2. The Morgan fingerprint density at radius 3 is 2.55 bits per heavy atom. The van der Waals surface area contributed by atoms with Gasteiger partial charge in [0.25, 0.3) is 5.91 Å². The van der Waals surface area contributed by atoms with Crippen LogP contribution >= 0.6 is 11.6 Å². The highest BCUT2D eigenvalue weighted by Gasteiger charge is 2.44. The molecule has 1 amide bonds. The van der Waals surface area contributed by atoms with Gasteiger partial charge < -0.3 is 9.64 Å².